The summed E-state index contributed by atoms with van der Waals surface area (Å²) in [4.78, 5) is 0. The fourth-order valence-corrected chi connectivity index (χ4v) is 1.08. The lowest BCUT2D eigenvalue weighted by Gasteiger charge is -2.25. The van der Waals surface area contributed by atoms with E-state index in [1.165, 1.54) is 0 Å². The highest BCUT2D eigenvalue weighted by Gasteiger charge is 2.65. The van der Waals surface area contributed by atoms with Crippen LogP contribution in [0.3, 0.4) is 0 Å². The first-order chi connectivity index (χ1) is 7.09. The van der Waals surface area contributed by atoms with Crippen LogP contribution in [0, 0.1) is 0 Å². The van der Waals surface area contributed by atoms with Crippen LogP contribution < -0.4 is 0 Å². The van der Waals surface area contributed by atoms with Crippen molar-refractivity contribution in [3.63, 3.8) is 0 Å². The molecule has 0 aliphatic carbocycles. The van der Waals surface area contributed by atoms with Crippen molar-refractivity contribution in [2.45, 2.75) is 23.9 Å². The summed E-state index contributed by atoms with van der Waals surface area (Å²) in [5.41, 5.74) is -4.70. The number of alkyl halides is 8. The van der Waals surface area contributed by atoms with E-state index in [1.807, 2.05) is 0 Å². The van der Waals surface area contributed by atoms with Gasteiger partial charge in [0, 0.05) is 0 Å². The summed E-state index contributed by atoms with van der Waals surface area (Å²) in [7, 11) is -6.34. The van der Waals surface area contributed by atoms with Crippen molar-refractivity contribution in [3.05, 3.63) is 0 Å². The maximum atomic E-state index is 12.0. The Morgan fingerprint density at radius 3 is 1.47 bits per heavy atom. The standard InChI is InChI=1S/C4H2F8O4S/c5-2(6,7)1(17(13,14)15)16-4(11,12)3(8,9)10/h1H,(H,13,14,15). The third kappa shape index (κ3) is 4.23. The number of ether oxygens (including phenoxy) is 1. The molecule has 0 saturated carbocycles. The molecule has 13 heteroatoms. The van der Waals surface area contributed by atoms with Crippen LogP contribution >= 0.6 is 0 Å². The first-order valence-corrected chi connectivity index (χ1v) is 4.75. The molecule has 17 heavy (non-hydrogen) atoms. The van der Waals surface area contributed by atoms with Gasteiger partial charge in [0.2, 0.25) is 0 Å². The Morgan fingerprint density at radius 2 is 1.29 bits per heavy atom. The van der Waals surface area contributed by atoms with Crippen molar-refractivity contribution >= 4 is 10.1 Å². The van der Waals surface area contributed by atoms with E-state index in [9.17, 15) is 43.5 Å². The number of hydrogen-bond acceptors (Lipinski definition) is 3. The zero-order valence-electron chi connectivity index (χ0n) is 7.18. The molecule has 0 aliphatic rings. The van der Waals surface area contributed by atoms with Gasteiger partial charge in [0.25, 0.3) is 5.44 Å². The molecular formula is C4H2F8O4S. The summed E-state index contributed by atoms with van der Waals surface area (Å²) in [6, 6.07) is 0. The Kier molecular flexibility index (Phi) is 4.03. The van der Waals surface area contributed by atoms with Gasteiger partial charge in [-0.05, 0) is 0 Å². The Labute approximate surface area is 87.9 Å². The van der Waals surface area contributed by atoms with Crippen LogP contribution in [-0.2, 0) is 14.9 Å². The number of halogens is 8. The van der Waals surface area contributed by atoms with Gasteiger partial charge in [0.15, 0.2) is 0 Å². The van der Waals surface area contributed by atoms with Crippen LogP contribution in [0.15, 0.2) is 0 Å². The highest BCUT2D eigenvalue weighted by atomic mass is 32.2. The first kappa shape index (κ1) is 16.3. The van der Waals surface area contributed by atoms with Crippen molar-refractivity contribution in [1.29, 1.82) is 0 Å². The van der Waals surface area contributed by atoms with Gasteiger partial charge >= 0.3 is 28.6 Å². The summed E-state index contributed by atoms with van der Waals surface area (Å²) in [6.07, 6.45) is -19.1. The van der Waals surface area contributed by atoms with E-state index in [4.69, 9.17) is 4.55 Å². The zero-order chi connectivity index (χ0) is 14.3. The molecule has 0 amide bonds. The van der Waals surface area contributed by atoms with Crippen LogP contribution in [0.25, 0.3) is 0 Å². The van der Waals surface area contributed by atoms with Gasteiger partial charge in [-0.3, -0.25) is 9.29 Å². The summed E-state index contributed by atoms with van der Waals surface area (Å²) < 4.78 is 124. The van der Waals surface area contributed by atoms with Crippen LogP contribution in [0.4, 0.5) is 35.1 Å². The molecular weight excluding hydrogens is 296 g/mol. The molecule has 0 bridgehead atoms. The average molecular weight is 298 g/mol. The van der Waals surface area contributed by atoms with Crippen LogP contribution in [0.1, 0.15) is 0 Å². The molecule has 0 aromatic carbocycles. The number of rotatable bonds is 3. The van der Waals surface area contributed by atoms with Gasteiger partial charge < -0.3 is 0 Å². The van der Waals surface area contributed by atoms with Crippen molar-refractivity contribution in [2.75, 3.05) is 0 Å². The monoisotopic (exact) mass is 298 g/mol. The molecule has 1 N–H and O–H groups in total. The highest BCUT2D eigenvalue weighted by molar-refractivity contribution is 7.86. The highest BCUT2D eigenvalue weighted by Crippen LogP contribution is 2.40. The zero-order valence-corrected chi connectivity index (χ0v) is 8.00. The van der Waals surface area contributed by atoms with Gasteiger partial charge in [-0.1, -0.05) is 0 Å². The second-order valence-corrected chi connectivity index (χ2v) is 3.98. The predicted molar refractivity (Wildman–Crippen MR) is 33.5 cm³/mol. The van der Waals surface area contributed by atoms with Gasteiger partial charge in [0.05, 0.1) is 0 Å². The normalized spacial score (nSPS) is 17.0. The van der Waals surface area contributed by atoms with E-state index in [1.54, 1.807) is 0 Å². The molecule has 0 aliphatic heterocycles. The summed E-state index contributed by atoms with van der Waals surface area (Å²) in [6.45, 7) is 0. The van der Waals surface area contributed by atoms with Crippen molar-refractivity contribution < 1.29 is 52.8 Å². The smallest absolute Gasteiger partial charge is 0.283 e. The Bertz CT molecular complexity index is 366. The van der Waals surface area contributed by atoms with E-state index in [0.29, 0.717) is 0 Å². The topological polar surface area (TPSA) is 63.6 Å². The average Bonchev–Trinajstić information content (AvgIpc) is 1.93. The van der Waals surface area contributed by atoms with E-state index in [-0.39, 0.29) is 0 Å². The second kappa shape index (κ2) is 4.20. The van der Waals surface area contributed by atoms with E-state index in [0.717, 1.165) is 0 Å². The minimum Gasteiger partial charge on any atom is -0.283 e. The van der Waals surface area contributed by atoms with Gasteiger partial charge in [-0.25, -0.2) is 0 Å². The summed E-state index contributed by atoms with van der Waals surface area (Å²) in [5, 5.41) is 0. The van der Waals surface area contributed by atoms with Gasteiger partial charge in [0.1, 0.15) is 0 Å². The van der Waals surface area contributed by atoms with Crippen LogP contribution in [0.2, 0.25) is 0 Å². The molecule has 0 aromatic heterocycles. The quantitative estimate of drug-likeness (QED) is 0.639. The molecule has 0 radical (unpaired) electrons. The Balaban J connectivity index is 5.32. The first-order valence-electron chi connectivity index (χ1n) is 3.24. The summed E-state index contributed by atoms with van der Waals surface area (Å²) in [5.74, 6) is 0. The van der Waals surface area contributed by atoms with E-state index < -0.39 is 34.0 Å². The Hall–Kier alpha value is -0.690. The SMILES string of the molecule is O=S(=O)(O)C(OC(F)(F)C(F)(F)F)C(F)(F)F. The third-order valence-corrected chi connectivity index (χ3v) is 2.03. The van der Waals surface area contributed by atoms with Crippen molar-refractivity contribution in [2.24, 2.45) is 0 Å². The minimum absolute atomic E-state index is 2.11. The lowest BCUT2D eigenvalue weighted by Crippen LogP contribution is -2.49. The molecule has 0 rings (SSSR count). The van der Waals surface area contributed by atoms with E-state index >= 15 is 0 Å². The molecule has 4 nitrogen and oxygen atoms in total. The Morgan fingerprint density at radius 1 is 0.941 bits per heavy atom. The molecule has 1 atom stereocenters. The van der Waals surface area contributed by atoms with Crippen molar-refractivity contribution in [3.8, 4) is 0 Å². The fraction of sp³-hybridized carbons (Fsp3) is 1.00. The van der Waals surface area contributed by atoms with E-state index in [2.05, 4.69) is 4.74 Å². The number of hydrogen-bond donors (Lipinski definition) is 1. The van der Waals surface area contributed by atoms with Gasteiger partial charge in [-0.15, -0.1) is 0 Å². The molecule has 0 aromatic rings. The van der Waals surface area contributed by atoms with Crippen LogP contribution in [0.5, 0.6) is 0 Å². The molecule has 1 unspecified atom stereocenters. The fourth-order valence-electron chi connectivity index (χ4n) is 0.498. The molecule has 104 valence electrons. The lowest BCUT2D eigenvalue weighted by atomic mass is 10.6. The molecule has 0 saturated heterocycles. The largest absolute Gasteiger partial charge is 0.483 e. The van der Waals surface area contributed by atoms with Crippen molar-refractivity contribution in [1.82, 2.24) is 0 Å². The predicted octanol–water partition coefficient (Wildman–Crippen LogP) is 1.93. The second-order valence-electron chi connectivity index (χ2n) is 2.52. The molecule has 0 spiro atoms. The van der Waals surface area contributed by atoms with Gasteiger partial charge in [-0.2, -0.15) is 43.5 Å². The lowest BCUT2D eigenvalue weighted by molar-refractivity contribution is -0.411. The maximum absolute atomic E-state index is 12.0. The van der Waals surface area contributed by atoms with Crippen LogP contribution in [-0.4, -0.2) is 36.9 Å². The maximum Gasteiger partial charge on any atom is 0.483 e. The summed E-state index contributed by atoms with van der Waals surface area (Å²) >= 11 is 0. The molecule has 0 heterocycles. The molecule has 0 fully saturated rings. The third-order valence-electron chi connectivity index (χ3n) is 1.12. The minimum atomic E-state index is -6.57.